The van der Waals surface area contributed by atoms with Gasteiger partial charge in [-0.3, -0.25) is 14.6 Å². The normalized spacial score (nSPS) is 14.4. The first-order valence-electron chi connectivity index (χ1n) is 8.04. The van der Waals surface area contributed by atoms with Gasteiger partial charge >= 0.3 is 0 Å². The number of nitrogens with one attached hydrogen (secondary N) is 2. The predicted molar refractivity (Wildman–Crippen MR) is 89.8 cm³/mol. The molecule has 0 saturated carbocycles. The Morgan fingerprint density at radius 3 is 2.72 bits per heavy atom. The molecule has 1 saturated heterocycles. The van der Waals surface area contributed by atoms with Crippen LogP contribution in [0.15, 0.2) is 35.1 Å². The number of carbonyl (C=O) groups excluding carboxylic acids is 1. The van der Waals surface area contributed by atoms with Crippen LogP contribution >= 0.6 is 0 Å². The van der Waals surface area contributed by atoms with Gasteiger partial charge in [0.25, 0.3) is 5.56 Å². The molecule has 1 aromatic heterocycles. The first-order chi connectivity index (χ1) is 12.1. The van der Waals surface area contributed by atoms with Gasteiger partial charge in [-0.05, 0) is 17.7 Å². The number of carbonyl (C=O) groups is 1. The molecule has 132 valence electrons. The summed E-state index contributed by atoms with van der Waals surface area (Å²) in [6.07, 6.45) is 0.139. The van der Waals surface area contributed by atoms with Gasteiger partial charge in [0.15, 0.2) is 0 Å². The lowest BCUT2D eigenvalue weighted by Crippen LogP contribution is -2.38. The van der Waals surface area contributed by atoms with Crippen LogP contribution in [-0.2, 0) is 22.5 Å². The molecule has 1 aromatic carbocycles. The van der Waals surface area contributed by atoms with Gasteiger partial charge in [0.1, 0.15) is 5.82 Å². The maximum absolute atomic E-state index is 12.9. The zero-order valence-corrected chi connectivity index (χ0v) is 13.6. The first kappa shape index (κ1) is 17.1. The maximum Gasteiger partial charge on any atom is 0.252 e. The average Bonchev–Trinajstić information content (AvgIpc) is 2.62. The molecule has 0 unspecified atom stereocenters. The molecule has 2 heterocycles. The highest BCUT2D eigenvalue weighted by molar-refractivity contribution is 5.78. The Kier molecular flexibility index (Phi) is 5.39. The van der Waals surface area contributed by atoms with Crippen LogP contribution in [0.25, 0.3) is 0 Å². The number of rotatable bonds is 5. The summed E-state index contributed by atoms with van der Waals surface area (Å²) < 4.78 is 18.2. The third kappa shape index (κ3) is 4.87. The van der Waals surface area contributed by atoms with E-state index in [9.17, 15) is 14.0 Å². The number of halogens is 1. The molecule has 8 heteroatoms. The average molecular weight is 346 g/mol. The summed E-state index contributed by atoms with van der Waals surface area (Å²) in [6, 6.07) is 7.13. The minimum atomic E-state index is -0.340. The van der Waals surface area contributed by atoms with Gasteiger partial charge in [-0.2, -0.15) is 0 Å². The van der Waals surface area contributed by atoms with Crippen LogP contribution in [-0.4, -0.2) is 42.2 Å². The monoisotopic (exact) mass is 346 g/mol. The van der Waals surface area contributed by atoms with E-state index in [0.29, 0.717) is 43.5 Å². The molecule has 1 fully saturated rings. The van der Waals surface area contributed by atoms with Gasteiger partial charge in [-0.1, -0.05) is 12.1 Å². The molecule has 0 bridgehead atoms. The largest absolute Gasteiger partial charge is 0.378 e. The van der Waals surface area contributed by atoms with Crippen molar-refractivity contribution in [2.75, 3.05) is 31.2 Å². The summed E-state index contributed by atoms with van der Waals surface area (Å²) in [5, 5.41) is 2.73. The van der Waals surface area contributed by atoms with Crippen LogP contribution < -0.4 is 15.8 Å². The van der Waals surface area contributed by atoms with Crippen LogP contribution in [0.4, 0.5) is 10.3 Å². The van der Waals surface area contributed by atoms with Gasteiger partial charge in [0.05, 0.1) is 31.9 Å². The van der Waals surface area contributed by atoms with Crippen LogP contribution in [0, 0.1) is 5.82 Å². The van der Waals surface area contributed by atoms with E-state index in [1.165, 1.54) is 18.2 Å². The summed E-state index contributed by atoms with van der Waals surface area (Å²) in [5.74, 6) is -0.0762. The van der Waals surface area contributed by atoms with Gasteiger partial charge in [-0.15, -0.1) is 0 Å². The van der Waals surface area contributed by atoms with E-state index in [1.54, 1.807) is 12.1 Å². The minimum absolute atomic E-state index is 0.139. The summed E-state index contributed by atoms with van der Waals surface area (Å²) >= 11 is 0. The van der Waals surface area contributed by atoms with Crippen molar-refractivity contribution in [3.63, 3.8) is 0 Å². The maximum atomic E-state index is 12.9. The van der Waals surface area contributed by atoms with Crippen LogP contribution in [0.3, 0.4) is 0 Å². The molecule has 0 radical (unpaired) electrons. The van der Waals surface area contributed by atoms with E-state index in [0.717, 1.165) is 0 Å². The molecule has 1 aliphatic heterocycles. The fourth-order valence-electron chi connectivity index (χ4n) is 2.55. The molecule has 1 aliphatic rings. The van der Waals surface area contributed by atoms with Crippen molar-refractivity contribution in [2.24, 2.45) is 0 Å². The molecule has 0 aliphatic carbocycles. The fourth-order valence-corrected chi connectivity index (χ4v) is 2.55. The van der Waals surface area contributed by atoms with E-state index in [1.807, 2.05) is 4.90 Å². The Balaban J connectivity index is 1.60. The smallest absolute Gasteiger partial charge is 0.252 e. The van der Waals surface area contributed by atoms with Crippen molar-refractivity contribution in [3.05, 3.63) is 57.8 Å². The van der Waals surface area contributed by atoms with Crippen molar-refractivity contribution in [2.45, 2.75) is 13.0 Å². The fraction of sp³-hybridized carbons (Fsp3) is 0.353. The molecular weight excluding hydrogens is 327 g/mol. The van der Waals surface area contributed by atoms with E-state index >= 15 is 0 Å². The van der Waals surface area contributed by atoms with Crippen molar-refractivity contribution in [1.29, 1.82) is 0 Å². The van der Waals surface area contributed by atoms with E-state index < -0.39 is 0 Å². The van der Waals surface area contributed by atoms with Gasteiger partial charge < -0.3 is 15.0 Å². The highest BCUT2D eigenvalue weighted by atomic mass is 19.1. The molecule has 2 aromatic rings. The first-order valence-corrected chi connectivity index (χ1v) is 8.04. The molecule has 0 atom stereocenters. The number of morpholine rings is 1. The number of hydrogen-bond donors (Lipinski definition) is 2. The predicted octanol–water partition coefficient (Wildman–Crippen LogP) is 0.604. The number of hydrogen-bond acceptors (Lipinski definition) is 5. The Hall–Kier alpha value is -2.74. The number of ether oxygens (including phenoxy) is 1. The zero-order chi connectivity index (χ0) is 17.6. The van der Waals surface area contributed by atoms with Gasteiger partial charge in [0.2, 0.25) is 11.9 Å². The highest BCUT2D eigenvalue weighted by Gasteiger charge is 2.14. The van der Waals surface area contributed by atoms with Crippen molar-refractivity contribution in [3.8, 4) is 0 Å². The second-order valence-corrected chi connectivity index (χ2v) is 5.74. The summed E-state index contributed by atoms with van der Waals surface area (Å²) in [7, 11) is 0. The van der Waals surface area contributed by atoms with Crippen LogP contribution in [0.2, 0.25) is 0 Å². The van der Waals surface area contributed by atoms with Gasteiger partial charge in [0, 0.05) is 19.2 Å². The highest BCUT2D eigenvalue weighted by Crippen LogP contribution is 2.08. The standard InChI is InChI=1S/C17H19FN4O3/c18-13-3-1-12(2-4-13)9-15(23)19-11-14-10-16(24)21-17(20-14)22-5-7-25-8-6-22/h1-4,10H,5-9,11H2,(H,19,23)(H,20,21,24). The lowest BCUT2D eigenvalue weighted by Gasteiger charge is -2.27. The quantitative estimate of drug-likeness (QED) is 0.828. The van der Waals surface area contributed by atoms with E-state index in [2.05, 4.69) is 15.3 Å². The zero-order valence-electron chi connectivity index (χ0n) is 13.6. The molecule has 1 amide bonds. The Bertz CT molecular complexity index is 785. The lowest BCUT2D eigenvalue weighted by atomic mass is 10.1. The number of aromatic nitrogens is 2. The lowest BCUT2D eigenvalue weighted by molar-refractivity contribution is -0.120. The molecule has 25 heavy (non-hydrogen) atoms. The number of H-pyrrole nitrogens is 1. The summed E-state index contributed by atoms with van der Waals surface area (Å²) in [5.41, 5.74) is 0.934. The Morgan fingerprint density at radius 1 is 1.28 bits per heavy atom. The molecule has 7 nitrogen and oxygen atoms in total. The van der Waals surface area contributed by atoms with E-state index in [4.69, 9.17) is 4.74 Å². The Morgan fingerprint density at radius 2 is 2.00 bits per heavy atom. The number of nitrogens with zero attached hydrogens (tertiary/aromatic N) is 2. The van der Waals surface area contributed by atoms with E-state index in [-0.39, 0.29) is 30.2 Å². The van der Waals surface area contributed by atoms with Crippen molar-refractivity contribution < 1.29 is 13.9 Å². The molecule has 3 rings (SSSR count). The third-order valence-corrected chi connectivity index (χ3v) is 3.84. The van der Waals surface area contributed by atoms with Crippen LogP contribution in [0.5, 0.6) is 0 Å². The molecule has 0 spiro atoms. The second kappa shape index (κ2) is 7.89. The number of amides is 1. The SMILES string of the molecule is O=C(Cc1ccc(F)cc1)NCc1cc(=O)[nH]c(N2CCOCC2)n1. The number of anilines is 1. The third-order valence-electron chi connectivity index (χ3n) is 3.84. The molecule has 2 N–H and O–H groups in total. The Labute approximate surface area is 143 Å². The van der Waals surface area contributed by atoms with Crippen molar-refractivity contribution >= 4 is 11.9 Å². The second-order valence-electron chi connectivity index (χ2n) is 5.74. The number of benzene rings is 1. The minimum Gasteiger partial charge on any atom is -0.378 e. The molecular formula is C17H19FN4O3. The van der Waals surface area contributed by atoms with Crippen LogP contribution in [0.1, 0.15) is 11.3 Å². The van der Waals surface area contributed by atoms with Crippen molar-refractivity contribution in [1.82, 2.24) is 15.3 Å². The summed E-state index contributed by atoms with van der Waals surface area (Å²) in [4.78, 5) is 32.9. The number of aromatic amines is 1. The van der Waals surface area contributed by atoms with Gasteiger partial charge in [-0.25, -0.2) is 9.37 Å². The topological polar surface area (TPSA) is 87.3 Å². The summed E-state index contributed by atoms with van der Waals surface area (Å²) in [6.45, 7) is 2.64.